The number of aryl methyl sites for hydroxylation is 1. The summed E-state index contributed by atoms with van der Waals surface area (Å²) in [6, 6.07) is 1.68. The van der Waals surface area contributed by atoms with Crippen molar-refractivity contribution in [2.75, 3.05) is 19.6 Å². The maximum Gasteiger partial charge on any atom is 0.259 e. The molecule has 0 saturated carbocycles. The predicted octanol–water partition coefficient (Wildman–Crippen LogP) is 2.05. The van der Waals surface area contributed by atoms with Gasteiger partial charge in [0.2, 0.25) is 0 Å². The van der Waals surface area contributed by atoms with Gasteiger partial charge in [-0.1, -0.05) is 0 Å². The molecular weight excluding hydrogens is 320 g/mol. The highest BCUT2D eigenvalue weighted by Gasteiger charge is 2.20. The lowest BCUT2D eigenvalue weighted by atomic mass is 9.95. The number of nitrogens with two attached hydrogens (primary N) is 1. The Morgan fingerprint density at radius 3 is 3.09 bits per heavy atom. The fraction of sp³-hybridized carbons (Fsp3) is 0.600. The van der Waals surface area contributed by atoms with Gasteiger partial charge in [-0.15, -0.1) is 23.7 Å². The van der Waals surface area contributed by atoms with Crippen LogP contribution in [0.2, 0.25) is 0 Å². The van der Waals surface area contributed by atoms with E-state index in [1.165, 1.54) is 24.2 Å². The Kier molecular flexibility index (Phi) is 5.97. The molecule has 0 amide bonds. The zero-order chi connectivity index (χ0) is 14.8. The van der Waals surface area contributed by atoms with E-state index >= 15 is 0 Å². The Bertz CT molecular complexity index is 682. The van der Waals surface area contributed by atoms with Crippen molar-refractivity contribution in [1.82, 2.24) is 14.3 Å². The van der Waals surface area contributed by atoms with E-state index in [1.54, 1.807) is 10.5 Å². The summed E-state index contributed by atoms with van der Waals surface area (Å²) in [5.74, 6) is 0.692. The summed E-state index contributed by atoms with van der Waals surface area (Å²) in [7, 11) is 0. The highest BCUT2D eigenvalue weighted by molar-refractivity contribution is 7.15. The molecule has 2 aromatic heterocycles. The molecule has 1 unspecified atom stereocenters. The van der Waals surface area contributed by atoms with Gasteiger partial charge in [0.05, 0.1) is 5.69 Å². The van der Waals surface area contributed by atoms with Gasteiger partial charge in [0.25, 0.3) is 5.56 Å². The van der Waals surface area contributed by atoms with Crippen molar-refractivity contribution in [3.8, 4) is 0 Å². The molecule has 0 spiro atoms. The SMILES string of the molecule is Cc1csc2nc(CN3CCCC(CCN)C3)cc(=O)n12.Cl. The second-order valence-electron chi connectivity index (χ2n) is 5.90. The smallest absolute Gasteiger partial charge is 0.259 e. The van der Waals surface area contributed by atoms with Crippen LogP contribution in [0.15, 0.2) is 16.2 Å². The molecule has 122 valence electrons. The number of likely N-dealkylation sites (tertiary alicyclic amines) is 1. The number of hydrogen-bond donors (Lipinski definition) is 1. The number of rotatable bonds is 4. The fourth-order valence-corrected chi connectivity index (χ4v) is 4.07. The van der Waals surface area contributed by atoms with Crippen molar-refractivity contribution in [3.05, 3.63) is 33.2 Å². The van der Waals surface area contributed by atoms with Gasteiger partial charge in [0.1, 0.15) is 0 Å². The molecule has 22 heavy (non-hydrogen) atoms. The van der Waals surface area contributed by atoms with Gasteiger partial charge in [-0.2, -0.15) is 0 Å². The minimum absolute atomic E-state index is 0. The monoisotopic (exact) mass is 342 g/mol. The van der Waals surface area contributed by atoms with Gasteiger partial charge in [0, 0.05) is 30.2 Å². The topological polar surface area (TPSA) is 63.6 Å². The molecule has 0 radical (unpaired) electrons. The molecule has 0 bridgehead atoms. The summed E-state index contributed by atoms with van der Waals surface area (Å²) in [6.07, 6.45) is 3.58. The van der Waals surface area contributed by atoms with Crippen molar-refractivity contribution in [2.24, 2.45) is 11.7 Å². The third-order valence-electron chi connectivity index (χ3n) is 4.19. The molecule has 3 heterocycles. The third kappa shape index (κ3) is 3.68. The van der Waals surface area contributed by atoms with Crippen LogP contribution in [0.25, 0.3) is 4.96 Å². The van der Waals surface area contributed by atoms with Crippen LogP contribution in [-0.2, 0) is 6.54 Å². The summed E-state index contributed by atoms with van der Waals surface area (Å²) in [5, 5.41) is 1.98. The molecule has 1 saturated heterocycles. The van der Waals surface area contributed by atoms with Crippen molar-refractivity contribution in [1.29, 1.82) is 0 Å². The lowest BCUT2D eigenvalue weighted by molar-refractivity contribution is 0.161. The molecule has 1 aliphatic rings. The van der Waals surface area contributed by atoms with E-state index in [-0.39, 0.29) is 18.0 Å². The minimum atomic E-state index is 0. The number of hydrogen-bond acceptors (Lipinski definition) is 5. The summed E-state index contributed by atoms with van der Waals surface area (Å²) in [5.41, 5.74) is 7.54. The molecule has 3 rings (SSSR count). The summed E-state index contributed by atoms with van der Waals surface area (Å²) in [6.45, 7) is 5.63. The predicted molar refractivity (Wildman–Crippen MR) is 93.0 cm³/mol. The fourth-order valence-electron chi connectivity index (χ4n) is 3.18. The number of piperidine rings is 1. The number of nitrogens with zero attached hydrogens (tertiary/aromatic N) is 3. The Labute approximate surface area is 140 Å². The largest absolute Gasteiger partial charge is 0.330 e. The van der Waals surface area contributed by atoms with Crippen LogP contribution in [0.1, 0.15) is 30.7 Å². The van der Waals surface area contributed by atoms with Crippen molar-refractivity contribution < 1.29 is 0 Å². The molecule has 5 nitrogen and oxygen atoms in total. The zero-order valence-corrected chi connectivity index (χ0v) is 14.5. The second kappa shape index (κ2) is 7.55. The normalized spacial score (nSPS) is 19.3. The maximum atomic E-state index is 12.2. The van der Waals surface area contributed by atoms with Gasteiger partial charge in [0.15, 0.2) is 4.96 Å². The van der Waals surface area contributed by atoms with Crippen LogP contribution in [0.4, 0.5) is 0 Å². The molecule has 1 atom stereocenters. The molecule has 0 aromatic carbocycles. The van der Waals surface area contributed by atoms with Crippen LogP contribution < -0.4 is 11.3 Å². The Morgan fingerprint density at radius 2 is 2.32 bits per heavy atom. The summed E-state index contributed by atoms with van der Waals surface area (Å²) in [4.78, 5) is 20.0. The first-order valence-electron chi connectivity index (χ1n) is 7.56. The van der Waals surface area contributed by atoms with Gasteiger partial charge in [-0.05, 0) is 45.2 Å². The molecular formula is C15H23ClN4OS. The van der Waals surface area contributed by atoms with Crippen LogP contribution in [0.5, 0.6) is 0 Å². The first kappa shape index (κ1) is 17.4. The third-order valence-corrected chi connectivity index (χ3v) is 5.14. The maximum absolute atomic E-state index is 12.2. The van der Waals surface area contributed by atoms with Gasteiger partial charge >= 0.3 is 0 Å². The number of fused-ring (bicyclic) bond motifs is 1. The lowest BCUT2D eigenvalue weighted by Gasteiger charge is -2.32. The van der Waals surface area contributed by atoms with Crippen molar-refractivity contribution in [3.63, 3.8) is 0 Å². The Morgan fingerprint density at radius 1 is 1.50 bits per heavy atom. The molecule has 2 N–H and O–H groups in total. The van der Waals surface area contributed by atoms with Crippen molar-refractivity contribution in [2.45, 2.75) is 32.7 Å². The highest BCUT2D eigenvalue weighted by atomic mass is 35.5. The van der Waals surface area contributed by atoms with E-state index in [1.807, 2.05) is 12.3 Å². The van der Waals surface area contributed by atoms with Crippen LogP contribution in [0, 0.1) is 12.8 Å². The molecule has 7 heteroatoms. The first-order valence-corrected chi connectivity index (χ1v) is 8.44. The lowest BCUT2D eigenvalue weighted by Crippen LogP contribution is -2.36. The molecule has 1 fully saturated rings. The zero-order valence-electron chi connectivity index (χ0n) is 12.8. The Hall–Kier alpha value is -0.950. The standard InChI is InChI=1S/C15H22N4OS.ClH/c1-11-10-21-15-17-13(7-14(20)19(11)15)9-18-6-2-3-12(8-18)4-5-16;/h7,10,12H,2-6,8-9,16H2,1H3;1H. The minimum Gasteiger partial charge on any atom is -0.330 e. The number of aromatic nitrogens is 2. The van der Waals surface area contributed by atoms with Gasteiger partial charge < -0.3 is 5.73 Å². The van der Waals surface area contributed by atoms with E-state index in [0.29, 0.717) is 5.92 Å². The van der Waals surface area contributed by atoms with E-state index in [9.17, 15) is 4.79 Å². The average molecular weight is 343 g/mol. The van der Waals surface area contributed by atoms with Gasteiger partial charge in [-0.25, -0.2) is 4.98 Å². The molecule has 1 aliphatic heterocycles. The average Bonchev–Trinajstić information content (AvgIpc) is 2.81. The van der Waals surface area contributed by atoms with Crippen LogP contribution >= 0.6 is 23.7 Å². The molecule has 0 aliphatic carbocycles. The highest BCUT2D eigenvalue weighted by Crippen LogP contribution is 2.20. The van der Waals surface area contributed by atoms with E-state index < -0.39 is 0 Å². The van der Waals surface area contributed by atoms with E-state index in [4.69, 9.17) is 5.73 Å². The number of thiazole rings is 1. The Balaban J connectivity index is 0.00000176. The van der Waals surface area contributed by atoms with Gasteiger partial charge in [-0.3, -0.25) is 14.1 Å². The van der Waals surface area contributed by atoms with E-state index in [0.717, 1.165) is 48.9 Å². The summed E-state index contributed by atoms with van der Waals surface area (Å²) < 4.78 is 1.68. The quantitative estimate of drug-likeness (QED) is 0.923. The number of halogens is 1. The van der Waals surface area contributed by atoms with E-state index in [2.05, 4.69) is 9.88 Å². The van der Waals surface area contributed by atoms with Crippen LogP contribution in [0.3, 0.4) is 0 Å². The molecule has 2 aromatic rings. The van der Waals surface area contributed by atoms with Crippen molar-refractivity contribution >= 4 is 28.7 Å². The summed E-state index contributed by atoms with van der Waals surface area (Å²) >= 11 is 1.53. The van der Waals surface area contributed by atoms with Crippen LogP contribution in [-0.4, -0.2) is 33.9 Å². The first-order chi connectivity index (χ1) is 10.2. The second-order valence-corrected chi connectivity index (χ2v) is 6.74.